The van der Waals surface area contributed by atoms with Gasteiger partial charge in [0.25, 0.3) is 0 Å². The van der Waals surface area contributed by atoms with E-state index in [0.29, 0.717) is 0 Å². The molecule has 0 saturated carbocycles. The third-order valence-electron chi connectivity index (χ3n) is 3.33. The molecule has 0 atom stereocenters. The molecule has 0 aromatic heterocycles. The number of benzene rings is 1. The summed E-state index contributed by atoms with van der Waals surface area (Å²) in [7, 11) is -3.75. The molecule has 1 N–H and O–H groups in total. The van der Waals surface area contributed by atoms with Crippen LogP contribution < -0.4 is 4.72 Å². The second-order valence-electron chi connectivity index (χ2n) is 4.78. The molecule has 0 unspecified atom stereocenters. The van der Waals surface area contributed by atoms with Crippen molar-refractivity contribution in [3.63, 3.8) is 0 Å². The van der Waals surface area contributed by atoms with E-state index in [4.69, 9.17) is 5.26 Å². The van der Waals surface area contributed by atoms with Crippen molar-refractivity contribution in [3.05, 3.63) is 29.3 Å². The molecular formula is C14H16N2O4S. The fraction of sp³-hybridized carbons (Fsp3) is 0.429. The van der Waals surface area contributed by atoms with Crippen LogP contribution in [0.1, 0.15) is 24.0 Å². The highest BCUT2D eigenvalue weighted by atomic mass is 32.2. The SMILES string of the molecule is N#CCOC(=O)CNS(=O)(=O)c1ccc2c(c1)CCCC2. The number of rotatable bonds is 5. The summed E-state index contributed by atoms with van der Waals surface area (Å²) in [5, 5.41) is 8.27. The standard InChI is InChI=1S/C14H16N2O4S/c15-7-8-20-14(17)10-16-21(18,19)13-6-5-11-3-1-2-4-12(11)9-13/h5-6,9,16H,1-4,8,10H2. The minimum absolute atomic E-state index is 0.149. The summed E-state index contributed by atoms with van der Waals surface area (Å²) in [6.45, 7) is -0.874. The van der Waals surface area contributed by atoms with E-state index in [1.165, 1.54) is 5.56 Å². The smallest absolute Gasteiger partial charge is 0.322 e. The van der Waals surface area contributed by atoms with Gasteiger partial charge in [-0.3, -0.25) is 4.79 Å². The van der Waals surface area contributed by atoms with E-state index in [9.17, 15) is 13.2 Å². The number of hydrogen-bond acceptors (Lipinski definition) is 5. The fourth-order valence-electron chi connectivity index (χ4n) is 2.28. The Bertz CT molecular complexity index is 677. The summed E-state index contributed by atoms with van der Waals surface area (Å²) in [5.74, 6) is -0.780. The Morgan fingerprint density at radius 1 is 1.29 bits per heavy atom. The van der Waals surface area contributed by atoms with Gasteiger partial charge in [-0.2, -0.15) is 9.98 Å². The first-order valence-electron chi connectivity index (χ1n) is 6.67. The number of sulfonamides is 1. The second-order valence-corrected chi connectivity index (χ2v) is 6.55. The molecule has 21 heavy (non-hydrogen) atoms. The Kier molecular flexibility index (Phi) is 4.94. The first-order chi connectivity index (χ1) is 10.0. The van der Waals surface area contributed by atoms with E-state index in [-0.39, 0.29) is 11.5 Å². The van der Waals surface area contributed by atoms with E-state index in [0.717, 1.165) is 31.2 Å². The summed E-state index contributed by atoms with van der Waals surface area (Å²) in [4.78, 5) is 11.4. The average Bonchev–Trinajstić information content (AvgIpc) is 2.50. The number of aryl methyl sites for hydroxylation is 2. The van der Waals surface area contributed by atoms with Gasteiger partial charge < -0.3 is 4.74 Å². The third-order valence-corrected chi connectivity index (χ3v) is 4.73. The van der Waals surface area contributed by atoms with Crippen molar-refractivity contribution in [1.82, 2.24) is 4.72 Å². The molecule has 0 heterocycles. The van der Waals surface area contributed by atoms with Crippen molar-refractivity contribution >= 4 is 16.0 Å². The summed E-state index contributed by atoms with van der Waals surface area (Å²) in [5.41, 5.74) is 2.24. The Hall–Kier alpha value is -1.91. The van der Waals surface area contributed by atoms with Crippen molar-refractivity contribution in [2.45, 2.75) is 30.6 Å². The topological polar surface area (TPSA) is 96.3 Å². The number of fused-ring (bicyclic) bond motifs is 1. The highest BCUT2D eigenvalue weighted by Gasteiger charge is 2.18. The van der Waals surface area contributed by atoms with Crippen LogP contribution in [-0.4, -0.2) is 27.5 Å². The van der Waals surface area contributed by atoms with E-state index in [2.05, 4.69) is 9.46 Å². The van der Waals surface area contributed by atoms with Gasteiger partial charge >= 0.3 is 5.97 Å². The lowest BCUT2D eigenvalue weighted by Crippen LogP contribution is -2.31. The minimum Gasteiger partial charge on any atom is -0.449 e. The van der Waals surface area contributed by atoms with Gasteiger partial charge in [0.2, 0.25) is 10.0 Å². The summed E-state index contributed by atoms with van der Waals surface area (Å²) < 4.78 is 30.9. The van der Waals surface area contributed by atoms with Gasteiger partial charge in [-0.1, -0.05) is 6.07 Å². The molecule has 6 nitrogen and oxygen atoms in total. The zero-order chi connectivity index (χ0) is 15.3. The summed E-state index contributed by atoms with van der Waals surface area (Å²) in [6.07, 6.45) is 4.04. The number of nitrogens with zero attached hydrogens (tertiary/aromatic N) is 1. The lowest BCUT2D eigenvalue weighted by Gasteiger charge is -2.16. The van der Waals surface area contributed by atoms with Crippen molar-refractivity contribution in [2.75, 3.05) is 13.2 Å². The third kappa shape index (κ3) is 4.03. The molecule has 112 valence electrons. The minimum atomic E-state index is -3.75. The molecule has 0 aliphatic heterocycles. The molecule has 0 spiro atoms. The highest BCUT2D eigenvalue weighted by Crippen LogP contribution is 2.23. The van der Waals surface area contributed by atoms with Crippen LogP contribution in [0, 0.1) is 11.3 Å². The van der Waals surface area contributed by atoms with E-state index >= 15 is 0 Å². The van der Waals surface area contributed by atoms with Crippen LogP contribution in [0.15, 0.2) is 23.1 Å². The van der Waals surface area contributed by atoms with E-state index in [1.54, 1.807) is 18.2 Å². The Balaban J connectivity index is 2.06. The molecule has 1 aromatic carbocycles. The largest absolute Gasteiger partial charge is 0.449 e. The zero-order valence-electron chi connectivity index (χ0n) is 11.5. The normalized spacial score (nSPS) is 14.0. The predicted molar refractivity (Wildman–Crippen MR) is 74.8 cm³/mol. The lowest BCUT2D eigenvalue weighted by atomic mass is 9.92. The molecule has 1 aliphatic carbocycles. The first kappa shape index (κ1) is 15.5. The van der Waals surface area contributed by atoms with Crippen LogP contribution in [0.4, 0.5) is 0 Å². The number of hydrogen-bond donors (Lipinski definition) is 1. The Morgan fingerprint density at radius 2 is 2.00 bits per heavy atom. The van der Waals surface area contributed by atoms with Crippen LogP contribution in [0.25, 0.3) is 0 Å². The van der Waals surface area contributed by atoms with Gasteiger partial charge in [-0.05, 0) is 48.9 Å². The molecule has 0 radical (unpaired) electrons. The van der Waals surface area contributed by atoms with Gasteiger partial charge in [0.15, 0.2) is 6.61 Å². The Morgan fingerprint density at radius 3 is 2.71 bits per heavy atom. The number of carbonyl (C=O) groups excluding carboxylic acids is 1. The van der Waals surface area contributed by atoms with Crippen molar-refractivity contribution in [1.29, 1.82) is 5.26 Å². The zero-order valence-corrected chi connectivity index (χ0v) is 12.3. The van der Waals surface area contributed by atoms with Crippen LogP contribution in [0.2, 0.25) is 0 Å². The average molecular weight is 308 g/mol. The van der Waals surface area contributed by atoms with E-state index in [1.807, 2.05) is 6.07 Å². The fourth-order valence-corrected chi connectivity index (χ4v) is 3.30. The molecule has 1 aliphatic rings. The molecule has 2 rings (SSSR count). The molecule has 1 aromatic rings. The molecule has 0 bridgehead atoms. The van der Waals surface area contributed by atoms with E-state index < -0.39 is 22.5 Å². The number of nitrogens with one attached hydrogen (secondary N) is 1. The number of carbonyl (C=O) groups is 1. The van der Waals surface area contributed by atoms with Crippen molar-refractivity contribution in [2.24, 2.45) is 0 Å². The van der Waals surface area contributed by atoms with Gasteiger partial charge in [-0.25, -0.2) is 8.42 Å². The summed E-state index contributed by atoms with van der Waals surface area (Å²) in [6, 6.07) is 6.68. The number of nitriles is 1. The number of ether oxygens (including phenoxy) is 1. The molecule has 0 amide bonds. The van der Waals surface area contributed by atoms with Gasteiger partial charge in [0.1, 0.15) is 12.6 Å². The van der Waals surface area contributed by atoms with Crippen LogP contribution in [0.5, 0.6) is 0 Å². The highest BCUT2D eigenvalue weighted by molar-refractivity contribution is 7.89. The quantitative estimate of drug-likeness (QED) is 0.816. The van der Waals surface area contributed by atoms with Gasteiger partial charge in [0.05, 0.1) is 4.90 Å². The molecular weight excluding hydrogens is 292 g/mol. The maximum Gasteiger partial charge on any atom is 0.322 e. The van der Waals surface area contributed by atoms with Crippen LogP contribution in [-0.2, 0) is 32.4 Å². The first-order valence-corrected chi connectivity index (χ1v) is 8.15. The molecule has 0 fully saturated rings. The maximum absolute atomic E-state index is 12.1. The Labute approximate surface area is 123 Å². The monoisotopic (exact) mass is 308 g/mol. The lowest BCUT2D eigenvalue weighted by molar-refractivity contribution is -0.140. The maximum atomic E-state index is 12.1. The number of esters is 1. The van der Waals surface area contributed by atoms with Crippen molar-refractivity contribution in [3.8, 4) is 6.07 Å². The second kappa shape index (κ2) is 6.70. The summed E-state index contributed by atoms with van der Waals surface area (Å²) >= 11 is 0. The van der Waals surface area contributed by atoms with Crippen LogP contribution in [0.3, 0.4) is 0 Å². The molecule has 0 saturated heterocycles. The molecule has 7 heteroatoms. The van der Waals surface area contributed by atoms with Crippen molar-refractivity contribution < 1.29 is 17.9 Å². The predicted octanol–water partition coefficient (Wildman–Crippen LogP) is 0.910. The van der Waals surface area contributed by atoms with Crippen LogP contribution >= 0.6 is 0 Å². The van der Waals surface area contributed by atoms with Gasteiger partial charge in [0, 0.05) is 0 Å². The van der Waals surface area contributed by atoms with Gasteiger partial charge in [-0.15, -0.1) is 0 Å².